The van der Waals surface area contributed by atoms with Crippen LogP contribution in [0.25, 0.3) is 5.57 Å². The average molecular weight is 187 g/mol. The van der Waals surface area contributed by atoms with Gasteiger partial charge in [-0.1, -0.05) is 18.2 Å². The monoisotopic (exact) mass is 187 g/mol. The van der Waals surface area contributed by atoms with E-state index in [9.17, 15) is 4.79 Å². The lowest BCUT2D eigenvalue weighted by Gasteiger charge is -1.98. The molecule has 0 aliphatic heterocycles. The molecule has 0 radical (unpaired) electrons. The van der Waals surface area contributed by atoms with E-state index in [1.165, 1.54) is 12.1 Å². The van der Waals surface area contributed by atoms with Gasteiger partial charge in [0.05, 0.1) is 17.2 Å². The van der Waals surface area contributed by atoms with Crippen molar-refractivity contribution in [1.82, 2.24) is 0 Å². The summed E-state index contributed by atoms with van der Waals surface area (Å²) >= 11 is 0. The number of nitrogens with zero attached hydrogens (tertiary/aromatic N) is 1. The van der Waals surface area contributed by atoms with E-state index < -0.39 is 5.97 Å². The molecule has 1 aromatic rings. The number of benzene rings is 1. The molecule has 1 aromatic carbocycles. The first-order valence-electron chi connectivity index (χ1n) is 4.09. The number of aromatic carboxylic acids is 1. The Morgan fingerprint density at radius 1 is 1.36 bits per heavy atom. The Balaban J connectivity index is 3.07. The SMILES string of the molecule is C/C=C(\C#N)c1ccc(C(=O)O)cc1. The molecule has 0 saturated carbocycles. The molecule has 0 spiro atoms. The van der Waals surface area contributed by atoms with Crippen molar-refractivity contribution >= 4 is 11.5 Å². The molecule has 0 saturated heterocycles. The Morgan fingerprint density at radius 2 is 1.86 bits per heavy atom. The van der Waals surface area contributed by atoms with Gasteiger partial charge in [-0.15, -0.1) is 0 Å². The van der Waals surface area contributed by atoms with E-state index >= 15 is 0 Å². The quantitative estimate of drug-likeness (QED) is 0.722. The number of allylic oxidation sites excluding steroid dienone is 2. The third kappa shape index (κ3) is 1.99. The summed E-state index contributed by atoms with van der Waals surface area (Å²) in [6.07, 6.45) is 1.69. The molecular formula is C11H9NO2. The van der Waals surface area contributed by atoms with Crippen LogP contribution >= 0.6 is 0 Å². The predicted molar refractivity (Wildman–Crippen MR) is 52.7 cm³/mol. The van der Waals surface area contributed by atoms with Crippen LogP contribution < -0.4 is 0 Å². The summed E-state index contributed by atoms with van der Waals surface area (Å²) in [5.74, 6) is -0.962. The van der Waals surface area contributed by atoms with Gasteiger partial charge in [-0.3, -0.25) is 0 Å². The van der Waals surface area contributed by atoms with Crippen molar-refractivity contribution in [3.05, 3.63) is 41.5 Å². The molecule has 0 atom stereocenters. The number of hydrogen-bond acceptors (Lipinski definition) is 2. The minimum absolute atomic E-state index is 0.224. The predicted octanol–water partition coefficient (Wildman–Crippen LogP) is 2.31. The van der Waals surface area contributed by atoms with Crippen molar-refractivity contribution in [2.24, 2.45) is 0 Å². The molecule has 0 aromatic heterocycles. The van der Waals surface area contributed by atoms with Crippen LogP contribution in [0.4, 0.5) is 0 Å². The van der Waals surface area contributed by atoms with Crippen molar-refractivity contribution < 1.29 is 9.90 Å². The zero-order chi connectivity index (χ0) is 10.6. The zero-order valence-electron chi connectivity index (χ0n) is 7.69. The van der Waals surface area contributed by atoms with Gasteiger partial charge in [0.25, 0.3) is 0 Å². The fourth-order valence-corrected chi connectivity index (χ4v) is 1.09. The van der Waals surface area contributed by atoms with Crippen LogP contribution in [0.3, 0.4) is 0 Å². The normalized spacial score (nSPS) is 10.7. The summed E-state index contributed by atoms with van der Waals surface area (Å²) < 4.78 is 0. The van der Waals surface area contributed by atoms with Crippen molar-refractivity contribution in [2.45, 2.75) is 6.92 Å². The lowest BCUT2D eigenvalue weighted by atomic mass is 10.1. The summed E-state index contributed by atoms with van der Waals surface area (Å²) in [6.45, 7) is 1.77. The van der Waals surface area contributed by atoms with Gasteiger partial charge in [0.1, 0.15) is 0 Å². The van der Waals surface area contributed by atoms with Crippen LogP contribution in [0, 0.1) is 11.3 Å². The second kappa shape index (κ2) is 4.24. The maximum atomic E-state index is 10.5. The average Bonchev–Trinajstić information content (AvgIpc) is 2.20. The molecule has 0 aliphatic carbocycles. The van der Waals surface area contributed by atoms with E-state index in [-0.39, 0.29) is 5.56 Å². The second-order valence-electron chi connectivity index (χ2n) is 2.70. The van der Waals surface area contributed by atoms with Gasteiger partial charge >= 0.3 is 5.97 Å². The second-order valence-corrected chi connectivity index (χ2v) is 2.70. The van der Waals surface area contributed by atoms with Crippen LogP contribution in [-0.2, 0) is 0 Å². The summed E-state index contributed by atoms with van der Waals surface area (Å²) in [5.41, 5.74) is 1.50. The van der Waals surface area contributed by atoms with Crippen LogP contribution in [0.15, 0.2) is 30.3 Å². The van der Waals surface area contributed by atoms with Gasteiger partial charge in [-0.05, 0) is 24.6 Å². The Bertz CT molecular complexity index is 410. The highest BCUT2D eigenvalue weighted by Crippen LogP contribution is 2.14. The zero-order valence-corrected chi connectivity index (χ0v) is 7.69. The van der Waals surface area contributed by atoms with Gasteiger partial charge in [-0.25, -0.2) is 4.79 Å². The number of nitriles is 1. The number of rotatable bonds is 2. The Kier molecular flexibility index (Phi) is 3.03. The fourth-order valence-electron chi connectivity index (χ4n) is 1.09. The molecule has 0 fully saturated rings. The summed E-state index contributed by atoms with van der Waals surface area (Å²) in [4.78, 5) is 10.5. The highest BCUT2D eigenvalue weighted by atomic mass is 16.4. The molecule has 0 heterocycles. The van der Waals surface area contributed by atoms with Gasteiger partial charge in [0.2, 0.25) is 0 Å². The Hall–Kier alpha value is -2.08. The first kappa shape index (κ1) is 10.0. The van der Waals surface area contributed by atoms with Gasteiger partial charge in [0, 0.05) is 0 Å². The van der Waals surface area contributed by atoms with Crippen LogP contribution in [0.5, 0.6) is 0 Å². The number of hydrogen-bond donors (Lipinski definition) is 1. The van der Waals surface area contributed by atoms with Gasteiger partial charge in [-0.2, -0.15) is 5.26 Å². The van der Waals surface area contributed by atoms with E-state index in [0.29, 0.717) is 5.57 Å². The third-order valence-corrected chi connectivity index (χ3v) is 1.85. The first-order chi connectivity index (χ1) is 6.69. The minimum atomic E-state index is -0.962. The molecule has 3 heteroatoms. The van der Waals surface area contributed by atoms with Crippen molar-refractivity contribution in [2.75, 3.05) is 0 Å². The van der Waals surface area contributed by atoms with Crippen LogP contribution in [0.1, 0.15) is 22.8 Å². The molecule has 0 unspecified atom stereocenters. The van der Waals surface area contributed by atoms with Crippen LogP contribution in [-0.4, -0.2) is 11.1 Å². The molecule has 14 heavy (non-hydrogen) atoms. The molecule has 3 nitrogen and oxygen atoms in total. The van der Waals surface area contributed by atoms with E-state index in [4.69, 9.17) is 10.4 Å². The minimum Gasteiger partial charge on any atom is -0.478 e. The van der Waals surface area contributed by atoms with Crippen molar-refractivity contribution in [3.8, 4) is 6.07 Å². The summed E-state index contributed by atoms with van der Waals surface area (Å²) in [5, 5.41) is 17.4. The smallest absolute Gasteiger partial charge is 0.335 e. The summed E-state index contributed by atoms with van der Waals surface area (Å²) in [7, 11) is 0. The highest BCUT2D eigenvalue weighted by Gasteiger charge is 2.03. The number of carbonyl (C=O) groups is 1. The van der Waals surface area contributed by atoms with Gasteiger partial charge in [0.15, 0.2) is 0 Å². The molecule has 0 aliphatic rings. The molecule has 1 rings (SSSR count). The maximum absolute atomic E-state index is 10.5. The van der Waals surface area contributed by atoms with E-state index in [1.54, 1.807) is 25.1 Å². The van der Waals surface area contributed by atoms with E-state index in [1.807, 2.05) is 6.07 Å². The van der Waals surface area contributed by atoms with Crippen molar-refractivity contribution in [1.29, 1.82) is 5.26 Å². The standard InChI is InChI=1S/C11H9NO2/c1-2-8(7-12)9-3-5-10(6-4-9)11(13)14/h2-6H,1H3,(H,13,14)/b8-2+. The third-order valence-electron chi connectivity index (χ3n) is 1.85. The molecule has 0 amide bonds. The number of carboxylic acids is 1. The summed E-state index contributed by atoms with van der Waals surface area (Å²) in [6, 6.07) is 8.25. The topological polar surface area (TPSA) is 61.1 Å². The largest absolute Gasteiger partial charge is 0.478 e. The Morgan fingerprint density at radius 3 is 2.21 bits per heavy atom. The van der Waals surface area contributed by atoms with Crippen LogP contribution in [0.2, 0.25) is 0 Å². The lowest BCUT2D eigenvalue weighted by molar-refractivity contribution is 0.0697. The molecule has 70 valence electrons. The Labute approximate surface area is 81.9 Å². The molecule has 1 N–H and O–H groups in total. The van der Waals surface area contributed by atoms with E-state index in [2.05, 4.69) is 0 Å². The molecular weight excluding hydrogens is 178 g/mol. The fraction of sp³-hybridized carbons (Fsp3) is 0.0909. The van der Waals surface area contributed by atoms with Crippen molar-refractivity contribution in [3.63, 3.8) is 0 Å². The van der Waals surface area contributed by atoms with E-state index in [0.717, 1.165) is 5.56 Å². The highest BCUT2D eigenvalue weighted by molar-refractivity contribution is 5.88. The first-order valence-corrected chi connectivity index (χ1v) is 4.09. The van der Waals surface area contributed by atoms with Gasteiger partial charge < -0.3 is 5.11 Å². The number of carboxylic acid groups (broad SMARTS) is 1. The maximum Gasteiger partial charge on any atom is 0.335 e. The lowest BCUT2D eigenvalue weighted by Crippen LogP contribution is -1.95. The molecule has 0 bridgehead atoms.